The van der Waals surface area contributed by atoms with E-state index >= 15 is 0 Å². The number of ether oxygens (including phenoxy) is 1. The van der Waals surface area contributed by atoms with Crippen molar-refractivity contribution in [2.75, 3.05) is 11.5 Å². The molecule has 0 bridgehead atoms. The molecule has 0 unspecified atom stereocenters. The summed E-state index contributed by atoms with van der Waals surface area (Å²) >= 11 is 19.7. The molecule has 2 aromatic heterocycles. The van der Waals surface area contributed by atoms with Gasteiger partial charge in [-0.15, -0.1) is 0 Å². The van der Waals surface area contributed by atoms with Crippen molar-refractivity contribution in [2.45, 2.75) is 6.54 Å². The van der Waals surface area contributed by atoms with E-state index in [1.54, 1.807) is 41.6 Å². The van der Waals surface area contributed by atoms with Crippen LogP contribution in [0.25, 0.3) is 10.2 Å². The molecule has 4 aromatic rings. The number of hydrogen-bond donors (Lipinski definition) is 0. The molecule has 2 aromatic carbocycles. The fraction of sp³-hybridized carbons (Fsp3) is 0.0952. The Morgan fingerprint density at radius 2 is 1.93 bits per heavy atom. The maximum Gasteiger partial charge on any atom is 0.267 e. The largest absolute Gasteiger partial charge is 0.482 e. The van der Waals surface area contributed by atoms with E-state index in [-0.39, 0.29) is 12.5 Å². The number of halogens is 3. The van der Waals surface area contributed by atoms with E-state index in [4.69, 9.17) is 39.5 Å². The minimum Gasteiger partial charge on any atom is -0.482 e. The molecule has 0 N–H and O–H groups in total. The zero-order valence-electron chi connectivity index (χ0n) is 15.4. The van der Waals surface area contributed by atoms with E-state index < -0.39 is 0 Å². The number of carbonyl (C=O) groups is 1. The van der Waals surface area contributed by atoms with Crippen LogP contribution < -0.4 is 9.64 Å². The number of rotatable bonds is 6. The molecule has 2 heterocycles. The molecule has 5 nitrogen and oxygen atoms in total. The van der Waals surface area contributed by atoms with E-state index in [2.05, 4.69) is 9.97 Å². The van der Waals surface area contributed by atoms with E-state index in [9.17, 15) is 4.79 Å². The highest BCUT2D eigenvalue weighted by molar-refractivity contribution is 7.22. The smallest absolute Gasteiger partial charge is 0.267 e. The summed E-state index contributed by atoms with van der Waals surface area (Å²) in [6.07, 6.45) is 3.39. The van der Waals surface area contributed by atoms with Gasteiger partial charge in [0.25, 0.3) is 5.91 Å². The predicted octanol–water partition coefficient (Wildman–Crippen LogP) is 6.26. The Bertz CT molecular complexity index is 1200. The summed E-state index contributed by atoms with van der Waals surface area (Å²) in [5.41, 5.74) is 1.52. The third-order valence-corrected chi connectivity index (χ3v) is 6.08. The lowest BCUT2D eigenvalue weighted by Gasteiger charge is -2.20. The highest BCUT2D eigenvalue weighted by atomic mass is 35.5. The van der Waals surface area contributed by atoms with Crippen LogP contribution in [0.15, 0.2) is 60.9 Å². The van der Waals surface area contributed by atoms with Crippen LogP contribution in [0.5, 0.6) is 5.75 Å². The first-order chi connectivity index (χ1) is 14.5. The topological polar surface area (TPSA) is 55.3 Å². The number of nitrogens with zero attached hydrogens (tertiary/aromatic N) is 3. The quantitative estimate of drug-likeness (QED) is 0.328. The van der Waals surface area contributed by atoms with Crippen molar-refractivity contribution >= 4 is 67.4 Å². The fourth-order valence-electron chi connectivity index (χ4n) is 2.77. The van der Waals surface area contributed by atoms with Gasteiger partial charge >= 0.3 is 0 Å². The molecule has 0 saturated heterocycles. The molecule has 1 amide bonds. The number of aromatic nitrogens is 2. The Hall–Kier alpha value is -2.38. The van der Waals surface area contributed by atoms with Gasteiger partial charge in [-0.05, 0) is 42.0 Å². The molecule has 0 aliphatic heterocycles. The second kappa shape index (κ2) is 9.18. The first-order valence-electron chi connectivity index (χ1n) is 8.83. The maximum absolute atomic E-state index is 13.1. The van der Waals surface area contributed by atoms with Gasteiger partial charge in [0, 0.05) is 17.4 Å². The van der Waals surface area contributed by atoms with Crippen molar-refractivity contribution < 1.29 is 9.53 Å². The number of hydrogen-bond acceptors (Lipinski definition) is 5. The van der Waals surface area contributed by atoms with E-state index in [1.807, 2.05) is 24.3 Å². The van der Waals surface area contributed by atoms with Gasteiger partial charge in [-0.1, -0.05) is 58.3 Å². The third kappa shape index (κ3) is 4.68. The Labute approximate surface area is 191 Å². The lowest BCUT2D eigenvalue weighted by molar-refractivity contribution is -0.120. The van der Waals surface area contributed by atoms with E-state index in [1.165, 1.54) is 11.3 Å². The minimum absolute atomic E-state index is 0.217. The SMILES string of the molecule is O=C(COc1ccc(Cl)cc1Cl)N(Cc1cccnc1)c1nc2c(Cl)cccc2s1. The number of anilines is 1. The molecular weight excluding hydrogens is 465 g/mol. The average molecular weight is 479 g/mol. The van der Waals surface area contributed by atoms with Gasteiger partial charge in [0.2, 0.25) is 0 Å². The number of pyridine rings is 1. The van der Waals surface area contributed by atoms with Gasteiger partial charge in [-0.25, -0.2) is 4.98 Å². The van der Waals surface area contributed by atoms with Crippen LogP contribution in [0.4, 0.5) is 5.13 Å². The lowest BCUT2D eigenvalue weighted by Crippen LogP contribution is -2.34. The van der Waals surface area contributed by atoms with Gasteiger partial charge in [0.05, 0.1) is 21.3 Å². The van der Waals surface area contributed by atoms with E-state index in [0.29, 0.717) is 38.0 Å². The number of thiazole rings is 1. The zero-order chi connectivity index (χ0) is 21.1. The molecular formula is C21H14Cl3N3O2S. The van der Waals surface area contributed by atoms with Crippen molar-refractivity contribution in [3.05, 3.63) is 81.6 Å². The number of amides is 1. The molecule has 0 fully saturated rings. The van der Waals surface area contributed by atoms with Crippen molar-refractivity contribution in [2.24, 2.45) is 0 Å². The summed E-state index contributed by atoms with van der Waals surface area (Å²) in [4.78, 5) is 23.4. The number of fused-ring (bicyclic) bond motifs is 1. The highest BCUT2D eigenvalue weighted by Gasteiger charge is 2.22. The second-order valence-corrected chi connectivity index (χ2v) is 8.55. The van der Waals surface area contributed by atoms with Crippen LogP contribution in [0.2, 0.25) is 15.1 Å². The molecule has 0 spiro atoms. The molecule has 0 saturated carbocycles. The summed E-state index contributed by atoms with van der Waals surface area (Å²) in [5.74, 6) is 0.100. The molecule has 0 aliphatic carbocycles. The van der Waals surface area contributed by atoms with Crippen molar-refractivity contribution in [3.8, 4) is 5.75 Å². The van der Waals surface area contributed by atoms with Gasteiger partial charge in [0.15, 0.2) is 11.7 Å². The standard InChI is InChI=1S/C21H14Cl3N3O2S/c22-14-6-7-17(16(24)9-14)29-12-19(28)27(11-13-3-2-8-25-10-13)21-26-20-15(23)4-1-5-18(20)30-21/h1-10H,11-12H2. The molecule has 152 valence electrons. The minimum atomic E-state index is -0.278. The predicted molar refractivity (Wildman–Crippen MR) is 122 cm³/mol. The molecule has 0 radical (unpaired) electrons. The van der Waals surface area contributed by atoms with Crippen LogP contribution >= 0.6 is 46.1 Å². The third-order valence-electron chi connectivity index (χ3n) is 4.20. The Kier molecular flexibility index (Phi) is 6.39. The first-order valence-corrected chi connectivity index (χ1v) is 10.8. The van der Waals surface area contributed by atoms with Crippen molar-refractivity contribution in [3.63, 3.8) is 0 Å². The van der Waals surface area contributed by atoms with Gasteiger partial charge < -0.3 is 4.74 Å². The average Bonchev–Trinajstić information content (AvgIpc) is 3.17. The second-order valence-electron chi connectivity index (χ2n) is 6.29. The van der Waals surface area contributed by atoms with Gasteiger partial charge in [-0.3, -0.25) is 14.7 Å². The van der Waals surface area contributed by atoms with Gasteiger partial charge in [0.1, 0.15) is 11.3 Å². The molecule has 9 heteroatoms. The molecule has 4 rings (SSSR count). The fourth-order valence-corrected chi connectivity index (χ4v) is 4.51. The Balaban J connectivity index is 1.62. The lowest BCUT2D eigenvalue weighted by atomic mass is 10.2. The zero-order valence-corrected chi connectivity index (χ0v) is 18.5. The van der Waals surface area contributed by atoms with Crippen LogP contribution in [0, 0.1) is 0 Å². The summed E-state index contributed by atoms with van der Waals surface area (Å²) < 4.78 is 6.54. The summed E-state index contributed by atoms with van der Waals surface area (Å²) in [7, 11) is 0. The summed E-state index contributed by atoms with van der Waals surface area (Å²) in [6, 6.07) is 14.1. The Morgan fingerprint density at radius 3 is 2.67 bits per heavy atom. The highest BCUT2D eigenvalue weighted by Crippen LogP contribution is 2.34. The van der Waals surface area contributed by atoms with E-state index in [0.717, 1.165) is 10.3 Å². The van der Waals surface area contributed by atoms with Crippen molar-refractivity contribution in [1.82, 2.24) is 9.97 Å². The van der Waals surface area contributed by atoms with Gasteiger partial charge in [-0.2, -0.15) is 0 Å². The van der Waals surface area contributed by atoms with Crippen LogP contribution in [0.1, 0.15) is 5.56 Å². The number of para-hydroxylation sites is 1. The molecule has 0 atom stereocenters. The first kappa shape index (κ1) is 20.9. The van der Waals surface area contributed by atoms with Crippen LogP contribution in [0.3, 0.4) is 0 Å². The molecule has 0 aliphatic rings. The Morgan fingerprint density at radius 1 is 1.07 bits per heavy atom. The van der Waals surface area contributed by atoms with Crippen molar-refractivity contribution in [1.29, 1.82) is 0 Å². The maximum atomic E-state index is 13.1. The number of carbonyl (C=O) groups excluding carboxylic acids is 1. The van der Waals surface area contributed by atoms with Crippen LogP contribution in [-0.2, 0) is 11.3 Å². The summed E-state index contributed by atoms with van der Waals surface area (Å²) in [6.45, 7) is 0.0765. The number of benzene rings is 2. The molecule has 30 heavy (non-hydrogen) atoms. The normalized spacial score (nSPS) is 10.9. The summed E-state index contributed by atoms with van der Waals surface area (Å²) in [5, 5.41) is 1.88. The van der Waals surface area contributed by atoms with Crippen LogP contribution in [-0.4, -0.2) is 22.5 Å². The monoisotopic (exact) mass is 477 g/mol.